The predicted octanol–water partition coefficient (Wildman–Crippen LogP) is 5.63. The highest BCUT2D eigenvalue weighted by Crippen LogP contribution is 2.21. The summed E-state index contributed by atoms with van der Waals surface area (Å²) in [5.74, 6) is -0.00584. The first-order chi connectivity index (χ1) is 14.0. The van der Waals surface area contributed by atoms with Gasteiger partial charge in [0.05, 0.1) is 5.56 Å². The second-order valence-corrected chi connectivity index (χ2v) is 7.24. The molecule has 3 aromatic rings. The molecule has 0 saturated carbocycles. The molecule has 4 nitrogen and oxygen atoms in total. The molecule has 3 rings (SSSR count). The first kappa shape index (κ1) is 20.5. The quantitative estimate of drug-likeness (QED) is 0.466. The Bertz CT molecular complexity index is 950. The normalized spacial score (nSPS) is 10.6. The summed E-state index contributed by atoms with van der Waals surface area (Å²) in [6, 6.07) is 22.0. The molecule has 0 aliphatic carbocycles. The van der Waals surface area contributed by atoms with Crippen molar-refractivity contribution >= 4 is 11.7 Å². The van der Waals surface area contributed by atoms with Crippen molar-refractivity contribution in [3.63, 3.8) is 0 Å². The molecule has 0 aromatic heterocycles. The first-order valence-corrected chi connectivity index (χ1v) is 9.87. The fourth-order valence-electron chi connectivity index (χ4n) is 3.25. The fraction of sp³-hybridized carbons (Fsp3) is 0.240. The molecule has 0 radical (unpaired) electrons. The van der Waals surface area contributed by atoms with Gasteiger partial charge in [-0.3, -0.25) is 0 Å². The predicted molar refractivity (Wildman–Crippen MR) is 117 cm³/mol. The van der Waals surface area contributed by atoms with Crippen molar-refractivity contribution in [2.24, 2.45) is 0 Å². The number of rotatable bonds is 9. The van der Waals surface area contributed by atoms with Crippen molar-refractivity contribution in [1.82, 2.24) is 0 Å². The lowest BCUT2D eigenvalue weighted by molar-refractivity contribution is 0.0696. The van der Waals surface area contributed by atoms with Crippen molar-refractivity contribution in [3.05, 3.63) is 94.5 Å². The van der Waals surface area contributed by atoms with Gasteiger partial charge in [0, 0.05) is 12.2 Å². The molecule has 29 heavy (non-hydrogen) atoms. The van der Waals surface area contributed by atoms with Gasteiger partial charge in [-0.05, 0) is 73.2 Å². The Morgan fingerprint density at radius 1 is 0.931 bits per heavy atom. The minimum atomic E-state index is -0.881. The molecule has 0 amide bonds. The second kappa shape index (κ2) is 9.78. The van der Waals surface area contributed by atoms with E-state index in [4.69, 9.17) is 4.74 Å². The molecule has 0 atom stereocenters. The first-order valence-electron chi connectivity index (χ1n) is 9.87. The summed E-state index contributed by atoms with van der Waals surface area (Å²) in [6.45, 7) is 5.17. The van der Waals surface area contributed by atoms with E-state index in [1.54, 1.807) is 6.07 Å². The minimum absolute atomic E-state index is 0.364. The number of hydrogen-bond acceptors (Lipinski definition) is 3. The average molecular weight is 389 g/mol. The van der Waals surface area contributed by atoms with E-state index in [0.29, 0.717) is 12.2 Å². The van der Waals surface area contributed by atoms with Gasteiger partial charge >= 0.3 is 5.97 Å². The highest BCUT2D eigenvalue weighted by molar-refractivity contribution is 5.90. The number of carbonyl (C=O) groups is 1. The van der Waals surface area contributed by atoms with Crippen LogP contribution in [0.25, 0.3) is 0 Å². The van der Waals surface area contributed by atoms with E-state index in [2.05, 4.69) is 29.6 Å². The molecule has 0 fully saturated rings. The number of carboxylic acids is 1. The van der Waals surface area contributed by atoms with Crippen LogP contribution < -0.4 is 10.1 Å². The third-order valence-corrected chi connectivity index (χ3v) is 4.93. The van der Waals surface area contributed by atoms with Gasteiger partial charge in [0.1, 0.15) is 12.4 Å². The largest absolute Gasteiger partial charge is 0.489 e. The Morgan fingerprint density at radius 3 is 2.34 bits per heavy atom. The van der Waals surface area contributed by atoms with Crippen LogP contribution in [0, 0.1) is 13.8 Å². The van der Waals surface area contributed by atoms with Crippen molar-refractivity contribution in [2.75, 3.05) is 11.9 Å². The lowest BCUT2D eigenvalue weighted by atomic mass is 10.0. The third-order valence-electron chi connectivity index (χ3n) is 4.93. The van der Waals surface area contributed by atoms with E-state index in [0.717, 1.165) is 47.5 Å². The number of anilines is 1. The van der Waals surface area contributed by atoms with Crippen molar-refractivity contribution < 1.29 is 14.6 Å². The average Bonchev–Trinajstić information content (AvgIpc) is 2.73. The summed E-state index contributed by atoms with van der Waals surface area (Å²) in [5, 5.41) is 12.6. The Morgan fingerprint density at radius 2 is 1.66 bits per heavy atom. The molecule has 150 valence electrons. The maximum atomic E-state index is 11.2. The number of aromatic carboxylic acids is 1. The third kappa shape index (κ3) is 5.85. The molecule has 0 aliphatic rings. The van der Waals surface area contributed by atoms with Crippen LogP contribution in [-0.2, 0) is 13.0 Å². The van der Waals surface area contributed by atoms with E-state index >= 15 is 0 Å². The molecule has 0 saturated heterocycles. The van der Waals surface area contributed by atoms with Crippen LogP contribution in [0.4, 0.5) is 5.69 Å². The number of hydrogen-bond donors (Lipinski definition) is 2. The van der Waals surface area contributed by atoms with Crippen LogP contribution >= 0.6 is 0 Å². The van der Waals surface area contributed by atoms with Crippen molar-refractivity contribution in [1.29, 1.82) is 0 Å². The smallest absolute Gasteiger partial charge is 0.335 e. The standard InChI is InChI=1S/C25H27NO3/c1-18-16-24(19(2)15-23(18)25(27)28)26-14-6-9-20-10-12-22(13-11-20)29-17-21-7-4-3-5-8-21/h3-5,7-8,10-13,15-16,26H,6,9,14,17H2,1-2H3,(H,27,28). The zero-order valence-electron chi connectivity index (χ0n) is 16.9. The Kier molecular flexibility index (Phi) is 6.90. The SMILES string of the molecule is Cc1cc(C(=O)O)c(C)cc1NCCCc1ccc(OCc2ccccc2)cc1. The molecule has 0 unspecified atom stereocenters. The van der Waals surface area contributed by atoms with Gasteiger partial charge in [0.15, 0.2) is 0 Å². The molecular formula is C25H27NO3. The van der Waals surface area contributed by atoms with Crippen LogP contribution in [0.3, 0.4) is 0 Å². The van der Waals surface area contributed by atoms with E-state index in [9.17, 15) is 9.90 Å². The Labute approximate surface area is 172 Å². The van der Waals surface area contributed by atoms with Gasteiger partial charge in [-0.15, -0.1) is 0 Å². The fourth-order valence-corrected chi connectivity index (χ4v) is 3.25. The highest BCUT2D eigenvalue weighted by Gasteiger charge is 2.10. The summed E-state index contributed by atoms with van der Waals surface area (Å²) in [5.41, 5.74) is 5.52. The van der Waals surface area contributed by atoms with Crippen LogP contribution in [0.5, 0.6) is 5.75 Å². The van der Waals surface area contributed by atoms with Gasteiger partial charge in [0.25, 0.3) is 0 Å². The number of carboxylic acid groups (broad SMARTS) is 1. The van der Waals surface area contributed by atoms with Gasteiger partial charge in [0.2, 0.25) is 0 Å². The van der Waals surface area contributed by atoms with Gasteiger partial charge in [-0.25, -0.2) is 4.79 Å². The van der Waals surface area contributed by atoms with E-state index in [1.165, 1.54) is 5.56 Å². The van der Waals surface area contributed by atoms with E-state index in [-0.39, 0.29) is 0 Å². The molecule has 3 aromatic carbocycles. The Balaban J connectivity index is 1.45. The molecule has 0 spiro atoms. The summed E-state index contributed by atoms with van der Waals surface area (Å²) in [4.78, 5) is 11.2. The maximum Gasteiger partial charge on any atom is 0.335 e. The maximum absolute atomic E-state index is 11.2. The number of aryl methyl sites for hydroxylation is 3. The summed E-state index contributed by atoms with van der Waals surface area (Å²) in [6.07, 6.45) is 1.96. The molecule has 2 N–H and O–H groups in total. The molecule has 4 heteroatoms. The lowest BCUT2D eigenvalue weighted by Crippen LogP contribution is -2.07. The monoisotopic (exact) mass is 389 g/mol. The van der Waals surface area contributed by atoms with Crippen molar-refractivity contribution in [3.8, 4) is 5.75 Å². The molecular weight excluding hydrogens is 362 g/mol. The zero-order valence-corrected chi connectivity index (χ0v) is 16.9. The van der Waals surface area contributed by atoms with Crippen molar-refractivity contribution in [2.45, 2.75) is 33.3 Å². The molecule has 0 bridgehead atoms. The number of benzene rings is 3. The van der Waals surface area contributed by atoms with Gasteiger partial charge < -0.3 is 15.2 Å². The van der Waals surface area contributed by atoms with Gasteiger partial charge in [-0.2, -0.15) is 0 Å². The Hall–Kier alpha value is -3.27. The van der Waals surface area contributed by atoms with Crippen LogP contribution in [0.1, 0.15) is 39.0 Å². The molecule has 0 heterocycles. The number of ether oxygens (including phenoxy) is 1. The second-order valence-electron chi connectivity index (χ2n) is 7.24. The zero-order chi connectivity index (χ0) is 20.6. The highest BCUT2D eigenvalue weighted by atomic mass is 16.5. The van der Waals surface area contributed by atoms with E-state index < -0.39 is 5.97 Å². The molecule has 0 aliphatic heterocycles. The van der Waals surface area contributed by atoms with Gasteiger partial charge in [-0.1, -0.05) is 42.5 Å². The van der Waals surface area contributed by atoms with Crippen LogP contribution in [0.2, 0.25) is 0 Å². The summed E-state index contributed by atoms with van der Waals surface area (Å²) in [7, 11) is 0. The van der Waals surface area contributed by atoms with Crippen LogP contribution in [0.15, 0.2) is 66.7 Å². The number of nitrogens with one attached hydrogen (secondary N) is 1. The lowest BCUT2D eigenvalue weighted by Gasteiger charge is -2.12. The minimum Gasteiger partial charge on any atom is -0.489 e. The van der Waals surface area contributed by atoms with Crippen LogP contribution in [-0.4, -0.2) is 17.6 Å². The summed E-state index contributed by atoms with van der Waals surface area (Å²) < 4.78 is 5.83. The topological polar surface area (TPSA) is 58.6 Å². The van der Waals surface area contributed by atoms with E-state index in [1.807, 2.05) is 50.2 Å². The summed E-state index contributed by atoms with van der Waals surface area (Å²) >= 11 is 0.